The van der Waals surface area contributed by atoms with Gasteiger partial charge in [0.2, 0.25) is 8.38 Å². The summed E-state index contributed by atoms with van der Waals surface area (Å²) in [6.07, 6.45) is -7.26. The van der Waals surface area contributed by atoms with E-state index in [0.717, 1.165) is 0 Å². The predicted octanol–water partition coefficient (Wildman–Crippen LogP) is 5.89. The quantitative estimate of drug-likeness (QED) is 0.291. The zero-order chi connectivity index (χ0) is 23.0. The molecule has 0 aliphatic carbocycles. The Morgan fingerprint density at radius 1 is 1.00 bits per heavy atom. The molecule has 0 aliphatic rings. The Morgan fingerprint density at radius 2 is 1.58 bits per heavy atom. The Labute approximate surface area is 173 Å². The van der Waals surface area contributed by atoms with Crippen molar-refractivity contribution in [1.82, 2.24) is 4.57 Å². The fourth-order valence-electron chi connectivity index (χ4n) is 3.11. The third-order valence-corrected chi connectivity index (χ3v) is 5.10. The van der Waals surface area contributed by atoms with Crippen LogP contribution in [0.4, 0.5) is 26.3 Å². The standard InChI is InChI=1S/C20H13F6N2O2P/c21-19(22,23)14-5-12(6-15(8-14)20(24,25)26)10-28-11-13(7-16(9-27)31(29)30)17-3-1-2-4-18(17)28/h1-8,11,29-30H,10H2/b16-7+. The van der Waals surface area contributed by atoms with Gasteiger partial charge in [-0.05, 0) is 35.9 Å². The van der Waals surface area contributed by atoms with E-state index in [1.807, 2.05) is 0 Å². The molecule has 0 atom stereocenters. The monoisotopic (exact) mass is 458 g/mol. The first-order valence-electron chi connectivity index (χ1n) is 8.56. The van der Waals surface area contributed by atoms with E-state index in [2.05, 4.69) is 0 Å². The van der Waals surface area contributed by atoms with Crippen molar-refractivity contribution >= 4 is 25.4 Å². The zero-order valence-electron chi connectivity index (χ0n) is 15.4. The number of aromatic nitrogens is 1. The van der Waals surface area contributed by atoms with Crippen LogP contribution in [0.15, 0.2) is 54.0 Å². The van der Waals surface area contributed by atoms with Gasteiger partial charge in [0.15, 0.2) is 0 Å². The van der Waals surface area contributed by atoms with Crippen LogP contribution >= 0.6 is 8.38 Å². The zero-order valence-corrected chi connectivity index (χ0v) is 16.3. The summed E-state index contributed by atoms with van der Waals surface area (Å²) in [4.78, 5) is 18.6. The molecule has 2 aromatic carbocycles. The first-order chi connectivity index (χ1) is 14.4. The van der Waals surface area contributed by atoms with E-state index < -0.39 is 31.9 Å². The maximum absolute atomic E-state index is 13.1. The number of rotatable bonds is 4. The summed E-state index contributed by atoms with van der Waals surface area (Å²) in [6, 6.07) is 9.56. The minimum absolute atomic E-state index is 0.0649. The molecule has 0 fully saturated rings. The molecule has 0 saturated heterocycles. The number of para-hydroxylation sites is 1. The summed E-state index contributed by atoms with van der Waals surface area (Å²) in [7, 11) is -2.68. The highest BCUT2D eigenvalue weighted by Gasteiger charge is 2.36. The molecule has 2 N–H and O–H groups in total. The van der Waals surface area contributed by atoms with Gasteiger partial charge in [-0.2, -0.15) is 31.6 Å². The molecule has 3 aromatic rings. The molecule has 0 saturated carbocycles. The van der Waals surface area contributed by atoms with E-state index in [9.17, 15) is 36.1 Å². The molecule has 0 radical (unpaired) electrons. The van der Waals surface area contributed by atoms with Gasteiger partial charge < -0.3 is 14.4 Å². The van der Waals surface area contributed by atoms with Gasteiger partial charge in [0.05, 0.1) is 11.1 Å². The Balaban J connectivity index is 2.14. The maximum Gasteiger partial charge on any atom is 0.416 e. The van der Waals surface area contributed by atoms with Gasteiger partial charge in [0, 0.05) is 29.2 Å². The van der Waals surface area contributed by atoms with Crippen molar-refractivity contribution in [2.45, 2.75) is 18.9 Å². The van der Waals surface area contributed by atoms with E-state index in [1.165, 1.54) is 16.8 Å². The highest BCUT2D eigenvalue weighted by molar-refractivity contribution is 7.50. The van der Waals surface area contributed by atoms with Gasteiger partial charge in [-0.1, -0.05) is 18.2 Å². The molecule has 0 bridgehead atoms. The van der Waals surface area contributed by atoms with Crippen molar-refractivity contribution in [2.24, 2.45) is 0 Å². The van der Waals surface area contributed by atoms with Crippen LogP contribution in [0.1, 0.15) is 22.3 Å². The lowest BCUT2D eigenvalue weighted by atomic mass is 10.0. The molecule has 162 valence electrons. The number of nitriles is 1. The number of nitrogens with zero attached hydrogens (tertiary/aromatic N) is 2. The van der Waals surface area contributed by atoms with Crippen molar-refractivity contribution in [3.05, 3.63) is 76.2 Å². The molecule has 31 heavy (non-hydrogen) atoms. The molecule has 4 nitrogen and oxygen atoms in total. The Hall–Kier alpha value is -2.86. The molecule has 3 rings (SSSR count). The highest BCUT2D eigenvalue weighted by Crippen LogP contribution is 2.38. The maximum atomic E-state index is 13.1. The van der Waals surface area contributed by atoms with Crippen LogP contribution in [0, 0.1) is 11.3 Å². The predicted molar refractivity (Wildman–Crippen MR) is 102 cm³/mol. The average molecular weight is 458 g/mol. The van der Waals surface area contributed by atoms with E-state index in [4.69, 9.17) is 5.26 Å². The summed E-state index contributed by atoms with van der Waals surface area (Å²) >= 11 is 0. The lowest BCUT2D eigenvalue weighted by molar-refractivity contribution is -0.143. The molecule has 0 amide bonds. The van der Waals surface area contributed by atoms with Gasteiger partial charge in [-0.3, -0.25) is 0 Å². The van der Waals surface area contributed by atoms with Crippen molar-refractivity contribution in [3.8, 4) is 6.07 Å². The number of hydrogen-bond acceptors (Lipinski definition) is 3. The molecule has 0 unspecified atom stereocenters. The first-order valence-corrected chi connectivity index (χ1v) is 9.81. The smallest absolute Gasteiger partial charge is 0.346 e. The molecular weight excluding hydrogens is 445 g/mol. The van der Waals surface area contributed by atoms with Crippen LogP contribution in [0.3, 0.4) is 0 Å². The fourth-order valence-corrected chi connectivity index (χ4v) is 3.45. The number of allylic oxidation sites excluding steroid dienone is 1. The van der Waals surface area contributed by atoms with Crippen LogP contribution in [0.25, 0.3) is 17.0 Å². The average Bonchev–Trinajstić information content (AvgIpc) is 3.01. The van der Waals surface area contributed by atoms with E-state index >= 15 is 0 Å². The number of alkyl halides is 6. The molecular formula is C20H13F6N2O2P. The van der Waals surface area contributed by atoms with Crippen molar-refractivity contribution in [2.75, 3.05) is 0 Å². The summed E-state index contributed by atoms with van der Waals surface area (Å²) in [5.41, 5.74) is -2.19. The minimum Gasteiger partial charge on any atom is -0.346 e. The van der Waals surface area contributed by atoms with Crippen LogP contribution in [-0.4, -0.2) is 14.4 Å². The highest BCUT2D eigenvalue weighted by atomic mass is 31.2. The topological polar surface area (TPSA) is 69.2 Å². The number of hydrogen-bond donors (Lipinski definition) is 2. The van der Waals surface area contributed by atoms with Crippen LogP contribution in [0.2, 0.25) is 0 Å². The summed E-state index contributed by atoms with van der Waals surface area (Å²) < 4.78 is 80.2. The molecule has 0 aliphatic heterocycles. The van der Waals surface area contributed by atoms with E-state index in [-0.39, 0.29) is 23.5 Å². The van der Waals surface area contributed by atoms with Crippen LogP contribution < -0.4 is 0 Å². The number of halogens is 6. The lowest BCUT2D eigenvalue weighted by Crippen LogP contribution is -2.12. The fraction of sp³-hybridized carbons (Fsp3) is 0.150. The molecule has 1 heterocycles. The Bertz CT molecular complexity index is 1160. The van der Waals surface area contributed by atoms with Crippen LogP contribution in [0.5, 0.6) is 0 Å². The lowest BCUT2D eigenvalue weighted by Gasteiger charge is -2.15. The largest absolute Gasteiger partial charge is 0.416 e. The van der Waals surface area contributed by atoms with E-state index in [0.29, 0.717) is 28.6 Å². The van der Waals surface area contributed by atoms with Gasteiger partial charge in [-0.25, -0.2) is 0 Å². The third-order valence-electron chi connectivity index (χ3n) is 4.44. The Kier molecular flexibility index (Phi) is 6.14. The molecule has 11 heteroatoms. The molecule has 1 aromatic heterocycles. The van der Waals surface area contributed by atoms with Gasteiger partial charge >= 0.3 is 12.4 Å². The summed E-state index contributed by atoms with van der Waals surface area (Å²) in [5, 5.41) is 9.27. The Morgan fingerprint density at radius 3 is 2.10 bits per heavy atom. The van der Waals surface area contributed by atoms with Crippen molar-refractivity contribution in [3.63, 3.8) is 0 Å². The summed E-state index contributed by atoms with van der Waals surface area (Å²) in [6.45, 7) is -0.309. The second-order valence-electron chi connectivity index (χ2n) is 6.57. The molecule has 0 spiro atoms. The van der Waals surface area contributed by atoms with Crippen LogP contribution in [-0.2, 0) is 18.9 Å². The number of benzene rings is 2. The first kappa shape index (κ1) is 22.8. The summed E-state index contributed by atoms with van der Waals surface area (Å²) in [5.74, 6) is 0. The third kappa shape index (κ3) is 5.07. The van der Waals surface area contributed by atoms with Crippen molar-refractivity contribution < 1.29 is 36.1 Å². The number of fused-ring (bicyclic) bond motifs is 1. The minimum atomic E-state index is -4.95. The second-order valence-corrected chi connectivity index (χ2v) is 7.64. The normalized spacial score (nSPS) is 13.1. The second kappa shape index (κ2) is 8.35. The van der Waals surface area contributed by atoms with Crippen molar-refractivity contribution in [1.29, 1.82) is 5.26 Å². The van der Waals surface area contributed by atoms with Gasteiger partial charge in [0.1, 0.15) is 11.4 Å². The van der Waals surface area contributed by atoms with Gasteiger partial charge in [-0.15, -0.1) is 0 Å². The SMILES string of the molecule is N#C/C(=C\c1cn(Cc2cc(C(F)(F)F)cc(C(F)(F)F)c2)c2ccccc12)P(O)O. The van der Waals surface area contributed by atoms with Gasteiger partial charge in [0.25, 0.3) is 0 Å². The van der Waals surface area contributed by atoms with E-state index in [1.54, 1.807) is 30.3 Å².